The van der Waals surface area contributed by atoms with Gasteiger partial charge < -0.3 is 19.5 Å². The van der Waals surface area contributed by atoms with E-state index in [1.165, 1.54) is 0 Å². The highest BCUT2D eigenvalue weighted by molar-refractivity contribution is 7.13. The van der Waals surface area contributed by atoms with Crippen LogP contribution in [-0.2, 0) is 11.3 Å². The first kappa shape index (κ1) is 13.4. The summed E-state index contributed by atoms with van der Waals surface area (Å²) in [5.74, 6) is 1.59. The minimum Gasteiger partial charge on any atom is -0.454 e. The van der Waals surface area contributed by atoms with Gasteiger partial charge >= 0.3 is 0 Å². The molecular formula is C14H16N2O3S. The number of rotatable bonds is 6. The number of hydrogen-bond donors (Lipinski definition) is 1. The summed E-state index contributed by atoms with van der Waals surface area (Å²) in [4.78, 5) is 4.62. The third-order valence-corrected chi connectivity index (χ3v) is 3.90. The number of ether oxygens (including phenoxy) is 3. The molecule has 2 heterocycles. The Bertz CT molecular complexity index is 586. The van der Waals surface area contributed by atoms with Gasteiger partial charge in [0.2, 0.25) is 6.79 Å². The van der Waals surface area contributed by atoms with E-state index in [9.17, 15) is 0 Å². The molecule has 6 heteroatoms. The largest absolute Gasteiger partial charge is 0.454 e. The summed E-state index contributed by atoms with van der Waals surface area (Å²) in [6.07, 6.45) is 0. The molecule has 106 valence electrons. The van der Waals surface area contributed by atoms with E-state index in [0.29, 0.717) is 13.4 Å². The number of aromatic nitrogens is 1. The Morgan fingerprint density at radius 3 is 3.15 bits per heavy atom. The summed E-state index contributed by atoms with van der Waals surface area (Å²) in [6.45, 7) is 2.59. The molecule has 1 N–H and O–H groups in total. The van der Waals surface area contributed by atoms with Crippen LogP contribution in [0.5, 0.6) is 11.5 Å². The van der Waals surface area contributed by atoms with Crippen molar-refractivity contribution in [2.24, 2.45) is 0 Å². The molecule has 0 saturated heterocycles. The molecule has 3 rings (SSSR count). The van der Waals surface area contributed by atoms with Crippen LogP contribution >= 0.6 is 11.3 Å². The van der Waals surface area contributed by atoms with Crippen molar-refractivity contribution in [1.29, 1.82) is 0 Å². The van der Waals surface area contributed by atoms with Gasteiger partial charge in [0, 0.05) is 31.1 Å². The third-order valence-electron chi connectivity index (χ3n) is 2.96. The number of nitrogens with one attached hydrogen (secondary N) is 1. The van der Waals surface area contributed by atoms with Crippen molar-refractivity contribution in [2.45, 2.75) is 6.54 Å². The summed E-state index contributed by atoms with van der Waals surface area (Å²) in [7, 11) is 1.70. The number of thiazole rings is 1. The summed E-state index contributed by atoms with van der Waals surface area (Å²) < 4.78 is 15.7. The van der Waals surface area contributed by atoms with Gasteiger partial charge in [0.25, 0.3) is 0 Å². The lowest BCUT2D eigenvalue weighted by Crippen LogP contribution is -2.18. The normalized spacial score (nSPS) is 12.8. The van der Waals surface area contributed by atoms with Crippen LogP contribution in [-0.4, -0.2) is 32.0 Å². The number of fused-ring (bicyclic) bond motifs is 1. The standard InChI is InChI=1S/C14H16N2O3S/c1-17-5-4-15-7-11-8-20-14(16-11)10-2-3-12-13(6-10)19-9-18-12/h2-3,6,8,15H,4-5,7,9H2,1H3. The molecular weight excluding hydrogens is 276 g/mol. The second-order valence-electron chi connectivity index (χ2n) is 4.38. The van der Waals surface area contributed by atoms with Crippen molar-refractivity contribution in [1.82, 2.24) is 10.3 Å². The molecule has 1 aliphatic heterocycles. The quantitative estimate of drug-likeness (QED) is 0.828. The molecule has 0 amide bonds. The predicted octanol–water partition coefficient (Wildman–Crippen LogP) is 2.27. The number of benzene rings is 1. The highest BCUT2D eigenvalue weighted by Gasteiger charge is 2.15. The molecule has 0 atom stereocenters. The SMILES string of the molecule is COCCNCc1csc(-c2ccc3c(c2)OCO3)n1. The third kappa shape index (κ3) is 2.92. The Hall–Kier alpha value is -1.63. The Morgan fingerprint density at radius 2 is 2.25 bits per heavy atom. The first-order valence-electron chi connectivity index (χ1n) is 6.41. The Morgan fingerprint density at radius 1 is 1.35 bits per heavy atom. The van der Waals surface area contributed by atoms with E-state index in [1.54, 1.807) is 18.4 Å². The first-order chi connectivity index (χ1) is 9.86. The molecule has 1 aromatic heterocycles. The minimum absolute atomic E-state index is 0.297. The molecule has 0 radical (unpaired) electrons. The average molecular weight is 292 g/mol. The van der Waals surface area contributed by atoms with Crippen molar-refractivity contribution < 1.29 is 14.2 Å². The molecule has 0 saturated carbocycles. The predicted molar refractivity (Wildman–Crippen MR) is 77.3 cm³/mol. The fourth-order valence-corrected chi connectivity index (χ4v) is 2.76. The van der Waals surface area contributed by atoms with Crippen LogP contribution in [0, 0.1) is 0 Å². The highest BCUT2D eigenvalue weighted by Crippen LogP contribution is 2.36. The van der Waals surface area contributed by atoms with Gasteiger partial charge in [-0.15, -0.1) is 11.3 Å². The molecule has 0 unspecified atom stereocenters. The highest BCUT2D eigenvalue weighted by atomic mass is 32.1. The lowest BCUT2D eigenvalue weighted by atomic mass is 10.2. The van der Waals surface area contributed by atoms with Crippen LogP contribution in [0.2, 0.25) is 0 Å². The van der Waals surface area contributed by atoms with E-state index in [0.717, 1.165) is 40.9 Å². The van der Waals surface area contributed by atoms with Crippen molar-refractivity contribution in [2.75, 3.05) is 27.1 Å². The van der Waals surface area contributed by atoms with Crippen LogP contribution < -0.4 is 14.8 Å². The van der Waals surface area contributed by atoms with Crippen LogP contribution in [0.3, 0.4) is 0 Å². The van der Waals surface area contributed by atoms with E-state index >= 15 is 0 Å². The Kier molecular flexibility index (Phi) is 4.15. The molecule has 20 heavy (non-hydrogen) atoms. The van der Waals surface area contributed by atoms with E-state index in [2.05, 4.69) is 15.7 Å². The molecule has 0 spiro atoms. The summed E-state index contributed by atoms with van der Waals surface area (Å²) in [6, 6.07) is 5.91. The molecule has 0 bridgehead atoms. The zero-order chi connectivity index (χ0) is 13.8. The van der Waals surface area contributed by atoms with Gasteiger partial charge in [0.1, 0.15) is 5.01 Å². The van der Waals surface area contributed by atoms with E-state index in [-0.39, 0.29) is 0 Å². The van der Waals surface area contributed by atoms with Gasteiger partial charge in [-0.3, -0.25) is 0 Å². The summed E-state index contributed by atoms with van der Waals surface area (Å²) in [5.41, 5.74) is 2.10. The Balaban J connectivity index is 1.67. The molecule has 0 aliphatic carbocycles. The van der Waals surface area contributed by atoms with Crippen molar-refractivity contribution >= 4 is 11.3 Å². The molecule has 5 nitrogen and oxygen atoms in total. The maximum Gasteiger partial charge on any atom is 0.231 e. The molecule has 2 aromatic rings. The lowest BCUT2D eigenvalue weighted by molar-refractivity contribution is 0.174. The zero-order valence-corrected chi connectivity index (χ0v) is 12.0. The van der Waals surface area contributed by atoms with Gasteiger partial charge in [0.15, 0.2) is 11.5 Å². The van der Waals surface area contributed by atoms with Gasteiger partial charge in [-0.2, -0.15) is 0 Å². The maximum absolute atomic E-state index is 5.39. The number of hydrogen-bond acceptors (Lipinski definition) is 6. The smallest absolute Gasteiger partial charge is 0.231 e. The summed E-state index contributed by atoms with van der Waals surface area (Å²) in [5, 5.41) is 6.35. The van der Waals surface area contributed by atoms with Gasteiger partial charge in [-0.1, -0.05) is 0 Å². The van der Waals surface area contributed by atoms with Crippen molar-refractivity contribution in [3.8, 4) is 22.1 Å². The van der Waals surface area contributed by atoms with Gasteiger partial charge in [0.05, 0.1) is 12.3 Å². The summed E-state index contributed by atoms with van der Waals surface area (Å²) >= 11 is 1.63. The number of nitrogens with zero attached hydrogens (tertiary/aromatic N) is 1. The van der Waals surface area contributed by atoms with E-state index in [4.69, 9.17) is 14.2 Å². The topological polar surface area (TPSA) is 52.6 Å². The van der Waals surface area contributed by atoms with Gasteiger partial charge in [-0.25, -0.2) is 4.98 Å². The minimum atomic E-state index is 0.297. The molecule has 1 aliphatic rings. The van der Waals surface area contributed by atoms with Crippen LogP contribution in [0.1, 0.15) is 5.69 Å². The maximum atomic E-state index is 5.39. The van der Waals surface area contributed by atoms with Gasteiger partial charge in [-0.05, 0) is 18.2 Å². The van der Waals surface area contributed by atoms with E-state index < -0.39 is 0 Å². The Labute approximate surface area is 121 Å². The molecule has 0 fully saturated rings. The van der Waals surface area contributed by atoms with E-state index in [1.807, 2.05) is 18.2 Å². The second kappa shape index (κ2) is 6.21. The number of methoxy groups -OCH3 is 1. The monoisotopic (exact) mass is 292 g/mol. The van der Waals surface area contributed by atoms with Crippen molar-refractivity contribution in [3.63, 3.8) is 0 Å². The lowest BCUT2D eigenvalue weighted by Gasteiger charge is -2.01. The second-order valence-corrected chi connectivity index (χ2v) is 5.24. The van der Waals surface area contributed by atoms with Crippen LogP contribution in [0.4, 0.5) is 0 Å². The zero-order valence-electron chi connectivity index (χ0n) is 11.2. The fraction of sp³-hybridized carbons (Fsp3) is 0.357. The van der Waals surface area contributed by atoms with Crippen LogP contribution in [0.25, 0.3) is 10.6 Å². The fourth-order valence-electron chi connectivity index (χ4n) is 1.94. The average Bonchev–Trinajstić information content (AvgIpc) is 3.11. The van der Waals surface area contributed by atoms with Crippen LogP contribution in [0.15, 0.2) is 23.6 Å². The van der Waals surface area contributed by atoms with Crippen molar-refractivity contribution in [3.05, 3.63) is 29.3 Å². The molecule has 1 aromatic carbocycles. The first-order valence-corrected chi connectivity index (χ1v) is 7.29.